The summed E-state index contributed by atoms with van der Waals surface area (Å²) in [6.07, 6.45) is 2.14. The molecule has 80 valence electrons. The zero-order chi connectivity index (χ0) is 10.8. The van der Waals surface area contributed by atoms with E-state index >= 15 is 0 Å². The average Bonchev–Trinajstić information content (AvgIpc) is 2.57. The first kappa shape index (κ1) is 10.1. The third-order valence-electron chi connectivity index (χ3n) is 2.32. The Morgan fingerprint density at radius 3 is 2.93 bits per heavy atom. The lowest BCUT2D eigenvalue weighted by Gasteiger charge is -2.06. The summed E-state index contributed by atoms with van der Waals surface area (Å²) in [6, 6.07) is 5.29. The summed E-state index contributed by atoms with van der Waals surface area (Å²) in [7, 11) is 0. The van der Waals surface area contributed by atoms with Crippen LogP contribution in [0.3, 0.4) is 0 Å². The molecule has 0 amide bonds. The van der Waals surface area contributed by atoms with Gasteiger partial charge in [0.2, 0.25) is 0 Å². The first-order chi connectivity index (χ1) is 7.16. The van der Waals surface area contributed by atoms with E-state index in [4.69, 9.17) is 4.74 Å². The predicted octanol–water partition coefficient (Wildman–Crippen LogP) is 2.80. The monoisotopic (exact) mass is 205 g/mol. The van der Waals surface area contributed by atoms with Crippen LogP contribution in [0.5, 0.6) is 5.75 Å². The molecule has 0 atom stereocenters. The van der Waals surface area contributed by atoms with Crippen molar-refractivity contribution in [2.24, 2.45) is 0 Å². The lowest BCUT2D eigenvalue weighted by atomic mass is 10.2. The fourth-order valence-corrected chi connectivity index (χ4v) is 1.54. The molecule has 0 fully saturated rings. The van der Waals surface area contributed by atoms with Crippen LogP contribution in [0, 0.1) is 0 Å². The fraction of sp³-hybridized carbons (Fsp3) is 0.333. The molecule has 2 aromatic rings. The SMILES string of the molecule is CC(C)OCc1c[nH]c2ccc(O)cc12. The van der Waals surface area contributed by atoms with Gasteiger partial charge >= 0.3 is 0 Å². The Hall–Kier alpha value is -1.48. The number of rotatable bonds is 3. The highest BCUT2D eigenvalue weighted by molar-refractivity contribution is 5.84. The summed E-state index contributed by atoms with van der Waals surface area (Å²) < 4.78 is 5.53. The van der Waals surface area contributed by atoms with Crippen LogP contribution in [0.1, 0.15) is 19.4 Å². The van der Waals surface area contributed by atoms with E-state index in [2.05, 4.69) is 4.98 Å². The van der Waals surface area contributed by atoms with Gasteiger partial charge in [-0.3, -0.25) is 0 Å². The van der Waals surface area contributed by atoms with Gasteiger partial charge in [-0.05, 0) is 32.0 Å². The van der Waals surface area contributed by atoms with Crippen molar-refractivity contribution in [3.63, 3.8) is 0 Å². The number of hydrogen-bond acceptors (Lipinski definition) is 2. The number of H-pyrrole nitrogens is 1. The van der Waals surface area contributed by atoms with Gasteiger partial charge in [-0.1, -0.05) is 0 Å². The van der Waals surface area contributed by atoms with Crippen LogP contribution < -0.4 is 0 Å². The van der Waals surface area contributed by atoms with Gasteiger partial charge in [-0.15, -0.1) is 0 Å². The lowest BCUT2D eigenvalue weighted by Crippen LogP contribution is -2.01. The number of aromatic nitrogens is 1. The maximum atomic E-state index is 9.40. The van der Waals surface area contributed by atoms with Gasteiger partial charge in [-0.2, -0.15) is 0 Å². The van der Waals surface area contributed by atoms with Crippen molar-refractivity contribution in [1.29, 1.82) is 0 Å². The van der Waals surface area contributed by atoms with Crippen molar-refractivity contribution in [2.45, 2.75) is 26.6 Å². The smallest absolute Gasteiger partial charge is 0.116 e. The molecule has 3 heteroatoms. The van der Waals surface area contributed by atoms with Crippen molar-refractivity contribution in [3.8, 4) is 5.75 Å². The van der Waals surface area contributed by atoms with Crippen LogP contribution >= 0.6 is 0 Å². The molecule has 0 bridgehead atoms. The number of nitrogens with one attached hydrogen (secondary N) is 1. The van der Waals surface area contributed by atoms with Crippen molar-refractivity contribution in [3.05, 3.63) is 30.0 Å². The number of fused-ring (bicyclic) bond motifs is 1. The highest BCUT2D eigenvalue weighted by Gasteiger charge is 2.05. The average molecular weight is 205 g/mol. The van der Waals surface area contributed by atoms with Crippen molar-refractivity contribution in [2.75, 3.05) is 0 Å². The Balaban J connectivity index is 2.31. The van der Waals surface area contributed by atoms with E-state index in [1.165, 1.54) is 0 Å². The molecular formula is C12H15NO2. The van der Waals surface area contributed by atoms with E-state index in [-0.39, 0.29) is 11.9 Å². The number of ether oxygens (including phenoxy) is 1. The van der Waals surface area contributed by atoms with Crippen LogP contribution in [-0.2, 0) is 11.3 Å². The number of aromatic hydroxyl groups is 1. The van der Waals surface area contributed by atoms with E-state index in [0.29, 0.717) is 6.61 Å². The molecule has 0 aliphatic heterocycles. The van der Waals surface area contributed by atoms with Crippen LogP contribution in [0.25, 0.3) is 10.9 Å². The maximum Gasteiger partial charge on any atom is 0.116 e. The van der Waals surface area contributed by atoms with E-state index in [9.17, 15) is 5.11 Å². The molecule has 1 aromatic heterocycles. The first-order valence-electron chi connectivity index (χ1n) is 5.07. The van der Waals surface area contributed by atoms with E-state index in [1.54, 1.807) is 12.1 Å². The number of hydrogen-bond donors (Lipinski definition) is 2. The summed E-state index contributed by atoms with van der Waals surface area (Å²) in [5, 5.41) is 10.4. The van der Waals surface area contributed by atoms with E-state index in [1.807, 2.05) is 26.1 Å². The number of benzene rings is 1. The Labute approximate surface area is 88.7 Å². The number of phenols is 1. The molecule has 0 aliphatic carbocycles. The van der Waals surface area contributed by atoms with Gasteiger partial charge in [-0.25, -0.2) is 0 Å². The number of aromatic amines is 1. The van der Waals surface area contributed by atoms with Crippen LogP contribution in [-0.4, -0.2) is 16.2 Å². The van der Waals surface area contributed by atoms with Gasteiger partial charge < -0.3 is 14.8 Å². The zero-order valence-electron chi connectivity index (χ0n) is 8.95. The van der Waals surface area contributed by atoms with Crippen LogP contribution in [0.15, 0.2) is 24.4 Å². The molecule has 0 saturated carbocycles. The van der Waals surface area contributed by atoms with Gasteiger partial charge in [0.1, 0.15) is 5.75 Å². The van der Waals surface area contributed by atoms with Gasteiger partial charge in [0, 0.05) is 22.7 Å². The molecule has 2 rings (SSSR count). The molecule has 0 radical (unpaired) electrons. The second kappa shape index (κ2) is 3.95. The minimum atomic E-state index is 0.215. The van der Waals surface area contributed by atoms with Gasteiger partial charge in [0.25, 0.3) is 0 Å². The first-order valence-corrected chi connectivity index (χ1v) is 5.07. The Morgan fingerprint density at radius 2 is 2.20 bits per heavy atom. The highest BCUT2D eigenvalue weighted by atomic mass is 16.5. The highest BCUT2D eigenvalue weighted by Crippen LogP contribution is 2.23. The second-order valence-corrected chi connectivity index (χ2v) is 3.90. The Morgan fingerprint density at radius 1 is 1.40 bits per heavy atom. The standard InChI is InChI=1S/C12H15NO2/c1-8(2)15-7-9-6-13-12-4-3-10(14)5-11(9)12/h3-6,8,13-14H,7H2,1-2H3. The molecule has 3 nitrogen and oxygen atoms in total. The minimum absolute atomic E-state index is 0.215. The zero-order valence-corrected chi connectivity index (χ0v) is 8.95. The van der Waals surface area contributed by atoms with E-state index in [0.717, 1.165) is 16.5 Å². The third kappa shape index (κ3) is 2.13. The molecule has 2 N–H and O–H groups in total. The number of phenolic OH excluding ortho intramolecular Hbond substituents is 1. The van der Waals surface area contributed by atoms with Gasteiger partial charge in [0.05, 0.1) is 12.7 Å². The summed E-state index contributed by atoms with van der Waals surface area (Å²) in [5.41, 5.74) is 2.10. The minimum Gasteiger partial charge on any atom is -0.508 e. The van der Waals surface area contributed by atoms with E-state index < -0.39 is 0 Å². The largest absolute Gasteiger partial charge is 0.508 e. The second-order valence-electron chi connectivity index (χ2n) is 3.90. The van der Waals surface area contributed by atoms with Crippen molar-refractivity contribution in [1.82, 2.24) is 4.98 Å². The maximum absolute atomic E-state index is 9.40. The Kier molecular flexibility index (Phi) is 2.64. The van der Waals surface area contributed by atoms with Crippen LogP contribution in [0.2, 0.25) is 0 Å². The normalized spacial score (nSPS) is 11.4. The molecular weight excluding hydrogens is 190 g/mol. The molecule has 1 aromatic carbocycles. The Bertz CT molecular complexity index is 460. The third-order valence-corrected chi connectivity index (χ3v) is 2.32. The lowest BCUT2D eigenvalue weighted by molar-refractivity contribution is 0.0664. The summed E-state index contributed by atoms with van der Waals surface area (Å²) in [5.74, 6) is 0.285. The van der Waals surface area contributed by atoms with Crippen molar-refractivity contribution < 1.29 is 9.84 Å². The summed E-state index contributed by atoms with van der Waals surface area (Å²) >= 11 is 0. The topological polar surface area (TPSA) is 45.2 Å². The quantitative estimate of drug-likeness (QED) is 0.809. The molecule has 0 unspecified atom stereocenters. The molecule has 0 spiro atoms. The summed E-state index contributed by atoms with van der Waals surface area (Å²) in [4.78, 5) is 3.15. The molecule has 0 aliphatic rings. The molecule has 0 saturated heterocycles. The molecule has 15 heavy (non-hydrogen) atoms. The predicted molar refractivity (Wildman–Crippen MR) is 59.9 cm³/mol. The molecule has 1 heterocycles. The van der Waals surface area contributed by atoms with Crippen LogP contribution in [0.4, 0.5) is 0 Å². The summed E-state index contributed by atoms with van der Waals surface area (Å²) in [6.45, 7) is 4.58. The van der Waals surface area contributed by atoms with Crippen molar-refractivity contribution >= 4 is 10.9 Å². The fourth-order valence-electron chi connectivity index (χ4n) is 1.54. The van der Waals surface area contributed by atoms with Gasteiger partial charge in [0.15, 0.2) is 0 Å².